The van der Waals surface area contributed by atoms with Crippen LogP contribution in [0.1, 0.15) is 16.1 Å². The molecule has 1 aromatic heterocycles. The number of nitrogens with zero attached hydrogens (tertiary/aromatic N) is 2. The second kappa shape index (κ2) is 6.83. The Morgan fingerprint density at radius 1 is 1.05 bits per heavy atom. The minimum Gasteiger partial charge on any atom is -0.333 e. The first kappa shape index (κ1) is 13.5. The molecule has 0 bridgehead atoms. The van der Waals surface area contributed by atoms with E-state index in [0.717, 1.165) is 5.56 Å². The molecular formula is C13H13N5O2. The Balaban J connectivity index is 1.74. The molecule has 1 aromatic carbocycles. The van der Waals surface area contributed by atoms with Crippen LogP contribution in [0.2, 0.25) is 0 Å². The lowest BCUT2D eigenvalue weighted by Gasteiger charge is -2.08. The van der Waals surface area contributed by atoms with E-state index in [4.69, 9.17) is 0 Å². The van der Waals surface area contributed by atoms with Crippen molar-refractivity contribution in [1.29, 1.82) is 0 Å². The lowest BCUT2D eigenvalue weighted by molar-refractivity contribution is 0.0931. The Bertz CT molecular complexity index is 574. The van der Waals surface area contributed by atoms with E-state index >= 15 is 0 Å². The first-order valence-corrected chi connectivity index (χ1v) is 5.90. The summed E-state index contributed by atoms with van der Waals surface area (Å²) in [7, 11) is 0. The fourth-order valence-electron chi connectivity index (χ4n) is 1.42. The molecule has 2 rings (SSSR count). The minimum absolute atomic E-state index is 0.121. The molecule has 1 heterocycles. The highest BCUT2D eigenvalue weighted by Gasteiger charge is 2.07. The first-order valence-electron chi connectivity index (χ1n) is 5.90. The van der Waals surface area contributed by atoms with Gasteiger partial charge in [0.1, 0.15) is 5.69 Å². The highest BCUT2D eigenvalue weighted by molar-refractivity contribution is 5.93. The number of carbonyl (C=O) groups excluding carboxylic acids is 2. The number of amides is 3. The van der Waals surface area contributed by atoms with Crippen LogP contribution in [0.15, 0.2) is 48.9 Å². The van der Waals surface area contributed by atoms with Crippen LogP contribution < -0.4 is 16.2 Å². The van der Waals surface area contributed by atoms with Gasteiger partial charge in [-0.05, 0) is 5.56 Å². The van der Waals surface area contributed by atoms with E-state index < -0.39 is 11.9 Å². The molecule has 0 unspecified atom stereocenters. The molecular weight excluding hydrogens is 258 g/mol. The fourth-order valence-corrected chi connectivity index (χ4v) is 1.42. The SMILES string of the molecule is O=C(NCc1ccccc1)NNC(=O)c1cnccn1. The number of hydrogen-bond acceptors (Lipinski definition) is 4. The Morgan fingerprint density at radius 2 is 1.85 bits per heavy atom. The third kappa shape index (κ3) is 4.05. The Hall–Kier alpha value is -2.96. The van der Waals surface area contributed by atoms with Crippen molar-refractivity contribution in [2.75, 3.05) is 0 Å². The van der Waals surface area contributed by atoms with Gasteiger partial charge in [0.05, 0.1) is 6.20 Å². The van der Waals surface area contributed by atoms with E-state index in [1.807, 2.05) is 30.3 Å². The maximum Gasteiger partial charge on any atom is 0.333 e. The van der Waals surface area contributed by atoms with Crippen LogP contribution in [0.3, 0.4) is 0 Å². The van der Waals surface area contributed by atoms with Gasteiger partial charge in [0.25, 0.3) is 5.91 Å². The average Bonchev–Trinajstić information content (AvgIpc) is 2.52. The number of benzene rings is 1. The van der Waals surface area contributed by atoms with Crippen molar-refractivity contribution >= 4 is 11.9 Å². The molecule has 2 aromatic rings. The highest BCUT2D eigenvalue weighted by atomic mass is 16.2. The van der Waals surface area contributed by atoms with Gasteiger partial charge in [0.15, 0.2) is 0 Å². The van der Waals surface area contributed by atoms with Gasteiger partial charge in [0, 0.05) is 18.9 Å². The summed E-state index contributed by atoms with van der Waals surface area (Å²) in [5.41, 5.74) is 5.55. The minimum atomic E-state index is -0.534. The predicted molar refractivity (Wildman–Crippen MR) is 71.3 cm³/mol. The molecule has 0 spiro atoms. The fraction of sp³-hybridized carbons (Fsp3) is 0.0769. The van der Waals surface area contributed by atoms with Gasteiger partial charge in [0.2, 0.25) is 0 Å². The van der Waals surface area contributed by atoms with Crippen molar-refractivity contribution in [2.45, 2.75) is 6.54 Å². The molecule has 7 nitrogen and oxygen atoms in total. The van der Waals surface area contributed by atoms with Crippen LogP contribution in [0.5, 0.6) is 0 Å². The van der Waals surface area contributed by atoms with Gasteiger partial charge < -0.3 is 5.32 Å². The van der Waals surface area contributed by atoms with Gasteiger partial charge in [-0.1, -0.05) is 30.3 Å². The molecule has 0 aliphatic heterocycles. The molecule has 20 heavy (non-hydrogen) atoms. The van der Waals surface area contributed by atoms with E-state index in [9.17, 15) is 9.59 Å². The molecule has 0 aliphatic rings. The number of nitrogens with one attached hydrogen (secondary N) is 3. The molecule has 7 heteroatoms. The van der Waals surface area contributed by atoms with Crippen LogP contribution in [0.25, 0.3) is 0 Å². The molecule has 0 atom stereocenters. The summed E-state index contributed by atoms with van der Waals surface area (Å²) in [6.45, 7) is 0.369. The molecule has 0 fully saturated rings. The topological polar surface area (TPSA) is 96.0 Å². The second-order valence-corrected chi connectivity index (χ2v) is 3.84. The van der Waals surface area contributed by atoms with Crippen molar-refractivity contribution in [1.82, 2.24) is 26.1 Å². The zero-order valence-corrected chi connectivity index (χ0v) is 10.5. The molecule has 3 amide bonds. The monoisotopic (exact) mass is 271 g/mol. The maximum absolute atomic E-state index is 11.6. The van der Waals surface area contributed by atoms with E-state index in [1.54, 1.807) is 0 Å². The molecule has 3 N–H and O–H groups in total. The first-order chi connectivity index (χ1) is 9.75. The number of carbonyl (C=O) groups is 2. The van der Waals surface area contributed by atoms with Gasteiger partial charge in [-0.15, -0.1) is 0 Å². The Labute approximate surface area is 115 Å². The largest absolute Gasteiger partial charge is 0.333 e. The molecule has 0 radical (unpaired) electrons. The lowest BCUT2D eigenvalue weighted by atomic mass is 10.2. The zero-order chi connectivity index (χ0) is 14.2. The zero-order valence-electron chi connectivity index (χ0n) is 10.5. The third-order valence-electron chi connectivity index (χ3n) is 2.38. The number of rotatable bonds is 3. The van der Waals surface area contributed by atoms with Crippen LogP contribution in [-0.2, 0) is 6.54 Å². The van der Waals surface area contributed by atoms with Crippen LogP contribution in [0.4, 0.5) is 4.79 Å². The lowest BCUT2D eigenvalue weighted by Crippen LogP contribution is -2.46. The van der Waals surface area contributed by atoms with Crippen molar-refractivity contribution in [3.05, 3.63) is 60.2 Å². The highest BCUT2D eigenvalue weighted by Crippen LogP contribution is 1.96. The summed E-state index contributed by atoms with van der Waals surface area (Å²) in [4.78, 5) is 30.6. The van der Waals surface area contributed by atoms with Crippen molar-refractivity contribution in [2.24, 2.45) is 0 Å². The Morgan fingerprint density at radius 3 is 2.55 bits per heavy atom. The second-order valence-electron chi connectivity index (χ2n) is 3.84. The van der Waals surface area contributed by atoms with Gasteiger partial charge in [-0.25, -0.2) is 15.2 Å². The summed E-state index contributed by atoms with van der Waals surface area (Å²) in [6.07, 6.45) is 4.15. The number of aromatic nitrogens is 2. The third-order valence-corrected chi connectivity index (χ3v) is 2.38. The van der Waals surface area contributed by atoms with Crippen molar-refractivity contribution < 1.29 is 9.59 Å². The molecule has 0 aliphatic carbocycles. The normalized spacial score (nSPS) is 9.60. The Kier molecular flexibility index (Phi) is 4.60. The van der Waals surface area contributed by atoms with Gasteiger partial charge in [-0.3, -0.25) is 15.2 Å². The van der Waals surface area contributed by atoms with Crippen molar-refractivity contribution in [3.8, 4) is 0 Å². The summed E-state index contributed by atoms with van der Waals surface area (Å²) in [5.74, 6) is -0.534. The molecule has 102 valence electrons. The number of hydrogen-bond donors (Lipinski definition) is 3. The van der Waals surface area contributed by atoms with Crippen LogP contribution in [0, 0.1) is 0 Å². The van der Waals surface area contributed by atoms with Crippen LogP contribution >= 0.6 is 0 Å². The van der Waals surface area contributed by atoms with Gasteiger partial charge >= 0.3 is 6.03 Å². The van der Waals surface area contributed by atoms with E-state index in [1.165, 1.54) is 18.6 Å². The molecule has 0 saturated heterocycles. The quantitative estimate of drug-likeness (QED) is 0.713. The molecule has 0 saturated carbocycles. The average molecular weight is 271 g/mol. The number of urea groups is 1. The maximum atomic E-state index is 11.6. The van der Waals surface area contributed by atoms with Crippen molar-refractivity contribution in [3.63, 3.8) is 0 Å². The smallest absolute Gasteiger partial charge is 0.333 e. The van der Waals surface area contributed by atoms with Crippen LogP contribution in [-0.4, -0.2) is 21.9 Å². The van der Waals surface area contributed by atoms with E-state index in [2.05, 4.69) is 26.1 Å². The van der Waals surface area contributed by atoms with E-state index in [0.29, 0.717) is 6.54 Å². The standard InChI is InChI=1S/C13H13N5O2/c19-12(11-9-14-6-7-15-11)17-18-13(20)16-8-10-4-2-1-3-5-10/h1-7,9H,8H2,(H,17,19)(H2,16,18,20). The predicted octanol–water partition coefficient (Wildman–Crippen LogP) is 0.621. The summed E-state index contributed by atoms with van der Waals surface area (Å²) in [5, 5.41) is 2.60. The summed E-state index contributed by atoms with van der Waals surface area (Å²) < 4.78 is 0. The van der Waals surface area contributed by atoms with Gasteiger partial charge in [-0.2, -0.15) is 0 Å². The summed E-state index contributed by atoms with van der Waals surface area (Å²) in [6, 6.07) is 8.92. The number of hydrazine groups is 1. The van der Waals surface area contributed by atoms with E-state index in [-0.39, 0.29) is 5.69 Å². The summed E-state index contributed by atoms with van der Waals surface area (Å²) >= 11 is 0.